The molecule has 0 aliphatic carbocycles. The molecule has 0 saturated carbocycles. The lowest BCUT2D eigenvalue weighted by atomic mass is 9.98. The highest BCUT2D eigenvalue weighted by atomic mass is 35.5. The maximum atomic E-state index is 13.8. The van der Waals surface area contributed by atoms with E-state index in [0.717, 1.165) is 36.8 Å². The highest BCUT2D eigenvalue weighted by molar-refractivity contribution is 6.21. The average Bonchev–Trinajstić information content (AvgIpc) is 2.92. The Kier molecular flexibility index (Phi) is 3.72. The highest BCUT2D eigenvalue weighted by Crippen LogP contribution is 2.35. The van der Waals surface area contributed by atoms with Crippen molar-refractivity contribution in [3.8, 4) is 0 Å². The highest BCUT2D eigenvalue weighted by Gasteiger charge is 2.22. The van der Waals surface area contributed by atoms with Gasteiger partial charge in [0, 0.05) is 12.0 Å². The van der Waals surface area contributed by atoms with Crippen LogP contribution in [-0.4, -0.2) is 12.7 Å². The Labute approximate surface area is 117 Å². The molecule has 1 heterocycles. The minimum atomic E-state index is -0.194. The normalized spacial score (nSPS) is 20.8. The summed E-state index contributed by atoms with van der Waals surface area (Å²) in [6, 6.07) is 10.8. The first-order valence-electron chi connectivity index (χ1n) is 6.68. The van der Waals surface area contributed by atoms with Crippen molar-refractivity contribution in [2.24, 2.45) is 0 Å². The molecule has 3 heteroatoms. The number of hydrogen-bond donors (Lipinski definition) is 0. The molecule has 2 unspecified atom stereocenters. The molecule has 2 aromatic rings. The van der Waals surface area contributed by atoms with Crippen molar-refractivity contribution in [3.63, 3.8) is 0 Å². The zero-order valence-corrected chi connectivity index (χ0v) is 11.4. The van der Waals surface area contributed by atoms with Gasteiger partial charge in [0.05, 0.1) is 11.5 Å². The molecule has 0 aromatic heterocycles. The average molecular weight is 279 g/mol. The number of rotatable bonds is 3. The van der Waals surface area contributed by atoms with Crippen molar-refractivity contribution in [3.05, 3.63) is 47.8 Å². The molecule has 100 valence electrons. The molecule has 2 atom stereocenters. The number of fused-ring (bicyclic) bond motifs is 1. The quantitative estimate of drug-likeness (QED) is 0.731. The van der Waals surface area contributed by atoms with Gasteiger partial charge in [-0.15, -0.1) is 11.6 Å². The molecule has 1 fully saturated rings. The molecule has 1 aliphatic heterocycles. The Bertz CT molecular complexity index is 578. The Hall–Kier alpha value is -1.12. The topological polar surface area (TPSA) is 9.23 Å². The van der Waals surface area contributed by atoms with Crippen LogP contribution >= 0.6 is 11.6 Å². The number of ether oxygens (including phenoxy) is 1. The molecule has 2 aromatic carbocycles. The van der Waals surface area contributed by atoms with Gasteiger partial charge in [-0.25, -0.2) is 4.39 Å². The third kappa shape index (κ3) is 2.60. The van der Waals surface area contributed by atoms with Gasteiger partial charge in [0.25, 0.3) is 0 Å². The van der Waals surface area contributed by atoms with Crippen molar-refractivity contribution in [1.82, 2.24) is 0 Å². The van der Waals surface area contributed by atoms with E-state index in [1.165, 1.54) is 6.07 Å². The van der Waals surface area contributed by atoms with E-state index in [1.807, 2.05) is 18.2 Å². The molecule has 3 rings (SSSR count). The van der Waals surface area contributed by atoms with Crippen LogP contribution in [0.15, 0.2) is 36.4 Å². The lowest BCUT2D eigenvalue weighted by molar-refractivity contribution is 0.103. The zero-order valence-electron chi connectivity index (χ0n) is 10.6. The molecular weight excluding hydrogens is 263 g/mol. The molecule has 0 bridgehead atoms. The molecule has 1 nitrogen and oxygen atoms in total. The van der Waals surface area contributed by atoms with Gasteiger partial charge in [-0.05, 0) is 36.3 Å². The van der Waals surface area contributed by atoms with Gasteiger partial charge in [0.1, 0.15) is 5.82 Å². The van der Waals surface area contributed by atoms with Crippen molar-refractivity contribution >= 4 is 22.4 Å². The van der Waals surface area contributed by atoms with Crippen LogP contribution in [0.5, 0.6) is 0 Å². The summed E-state index contributed by atoms with van der Waals surface area (Å²) in [7, 11) is 0. The van der Waals surface area contributed by atoms with Gasteiger partial charge in [-0.2, -0.15) is 0 Å². The minimum Gasteiger partial charge on any atom is -0.378 e. The summed E-state index contributed by atoms with van der Waals surface area (Å²) in [4.78, 5) is 0. The number of halogens is 2. The number of benzene rings is 2. The van der Waals surface area contributed by atoms with Crippen molar-refractivity contribution in [2.75, 3.05) is 6.61 Å². The largest absolute Gasteiger partial charge is 0.378 e. The van der Waals surface area contributed by atoms with Crippen LogP contribution in [0.3, 0.4) is 0 Å². The van der Waals surface area contributed by atoms with E-state index in [4.69, 9.17) is 16.3 Å². The van der Waals surface area contributed by atoms with E-state index in [2.05, 4.69) is 0 Å². The molecule has 0 radical (unpaired) electrons. The van der Waals surface area contributed by atoms with Gasteiger partial charge >= 0.3 is 0 Å². The first kappa shape index (κ1) is 12.9. The Morgan fingerprint density at radius 3 is 2.74 bits per heavy atom. The van der Waals surface area contributed by atoms with E-state index >= 15 is 0 Å². The van der Waals surface area contributed by atoms with Crippen LogP contribution in [0.4, 0.5) is 4.39 Å². The van der Waals surface area contributed by atoms with Crippen LogP contribution < -0.4 is 0 Å². The van der Waals surface area contributed by atoms with Gasteiger partial charge in [0.2, 0.25) is 0 Å². The maximum Gasteiger partial charge on any atom is 0.131 e. The van der Waals surface area contributed by atoms with Crippen LogP contribution in [-0.2, 0) is 4.74 Å². The fourth-order valence-corrected chi connectivity index (χ4v) is 3.14. The summed E-state index contributed by atoms with van der Waals surface area (Å²) in [6.07, 6.45) is 3.21. The predicted molar refractivity (Wildman–Crippen MR) is 76.1 cm³/mol. The molecule has 0 spiro atoms. The summed E-state index contributed by atoms with van der Waals surface area (Å²) >= 11 is 6.52. The van der Waals surface area contributed by atoms with Crippen molar-refractivity contribution < 1.29 is 9.13 Å². The van der Waals surface area contributed by atoms with E-state index in [1.54, 1.807) is 12.1 Å². The zero-order chi connectivity index (χ0) is 13.2. The molecule has 19 heavy (non-hydrogen) atoms. The monoisotopic (exact) mass is 278 g/mol. The Morgan fingerprint density at radius 1 is 1.21 bits per heavy atom. The van der Waals surface area contributed by atoms with Gasteiger partial charge < -0.3 is 4.74 Å². The second-order valence-corrected chi connectivity index (χ2v) is 5.55. The SMILES string of the molecule is Fc1ccc(C(Cl)CC2CCCO2)c2ccccc12. The molecule has 0 amide bonds. The van der Waals surface area contributed by atoms with Gasteiger partial charge in [-0.1, -0.05) is 30.3 Å². The first-order chi connectivity index (χ1) is 9.25. The Morgan fingerprint density at radius 2 is 2.00 bits per heavy atom. The maximum absolute atomic E-state index is 13.8. The van der Waals surface area contributed by atoms with Crippen LogP contribution in [0.1, 0.15) is 30.2 Å². The van der Waals surface area contributed by atoms with Crippen LogP contribution in [0.2, 0.25) is 0 Å². The fraction of sp³-hybridized carbons (Fsp3) is 0.375. The summed E-state index contributed by atoms with van der Waals surface area (Å²) < 4.78 is 19.4. The summed E-state index contributed by atoms with van der Waals surface area (Å²) in [5, 5.41) is 1.41. The van der Waals surface area contributed by atoms with Crippen LogP contribution in [0, 0.1) is 5.82 Å². The van der Waals surface area contributed by atoms with E-state index in [-0.39, 0.29) is 17.3 Å². The fourth-order valence-electron chi connectivity index (χ4n) is 2.75. The molecular formula is C16H16ClFO. The third-order valence-corrected chi connectivity index (χ3v) is 4.15. The molecule has 0 N–H and O–H groups in total. The minimum absolute atomic E-state index is 0.131. The summed E-state index contributed by atoms with van der Waals surface area (Å²) in [6.45, 7) is 0.832. The van der Waals surface area contributed by atoms with Gasteiger partial charge in [0.15, 0.2) is 0 Å². The van der Waals surface area contributed by atoms with E-state index in [0.29, 0.717) is 5.39 Å². The lowest BCUT2D eigenvalue weighted by Crippen LogP contribution is -2.08. The third-order valence-electron chi connectivity index (χ3n) is 3.74. The standard InChI is InChI=1S/C16H16ClFO/c17-15(10-11-4-3-9-19-11)13-7-8-16(18)14-6-2-1-5-12(13)14/h1-2,5-8,11,15H,3-4,9-10H2. The predicted octanol–water partition coefficient (Wildman–Crippen LogP) is 4.83. The first-order valence-corrected chi connectivity index (χ1v) is 7.12. The molecule has 1 saturated heterocycles. The van der Waals surface area contributed by atoms with E-state index in [9.17, 15) is 4.39 Å². The summed E-state index contributed by atoms with van der Waals surface area (Å²) in [5.74, 6) is -0.194. The molecule has 1 aliphatic rings. The van der Waals surface area contributed by atoms with E-state index < -0.39 is 0 Å². The van der Waals surface area contributed by atoms with Crippen LogP contribution in [0.25, 0.3) is 10.8 Å². The Balaban J connectivity index is 1.93. The smallest absolute Gasteiger partial charge is 0.131 e. The second kappa shape index (κ2) is 5.48. The lowest BCUT2D eigenvalue weighted by Gasteiger charge is -2.17. The van der Waals surface area contributed by atoms with Crippen molar-refractivity contribution in [2.45, 2.75) is 30.7 Å². The number of hydrogen-bond acceptors (Lipinski definition) is 1. The summed E-state index contributed by atoms with van der Waals surface area (Å²) in [5.41, 5.74) is 0.995. The number of alkyl halides is 1. The van der Waals surface area contributed by atoms with Gasteiger partial charge in [-0.3, -0.25) is 0 Å². The van der Waals surface area contributed by atoms with Crippen molar-refractivity contribution in [1.29, 1.82) is 0 Å². The second-order valence-electron chi connectivity index (χ2n) is 5.02.